The molecule has 37 heavy (non-hydrogen) atoms. The second-order valence-corrected chi connectivity index (χ2v) is 12.1. The highest BCUT2D eigenvalue weighted by Crippen LogP contribution is 2.33. The van der Waals surface area contributed by atoms with Crippen molar-refractivity contribution in [2.24, 2.45) is 0 Å². The Hall–Kier alpha value is -3.06. The molecule has 1 N–H and O–H groups in total. The van der Waals surface area contributed by atoms with Crippen LogP contribution in [-0.4, -0.2) is 71.1 Å². The number of ether oxygens (including phenoxy) is 2. The van der Waals surface area contributed by atoms with Gasteiger partial charge in [-0.1, -0.05) is 11.3 Å². The molecule has 4 heterocycles. The number of anilines is 1. The summed E-state index contributed by atoms with van der Waals surface area (Å²) in [5.41, 5.74) is 2.55. The average Bonchev–Trinajstić information content (AvgIpc) is 3.54. The lowest BCUT2D eigenvalue weighted by Crippen LogP contribution is -2.45. The first kappa shape index (κ1) is 25.6. The van der Waals surface area contributed by atoms with Gasteiger partial charge in [0.2, 0.25) is 10.0 Å². The molecule has 1 unspecified atom stereocenters. The lowest BCUT2D eigenvalue weighted by Gasteiger charge is -2.31. The highest BCUT2D eigenvalue weighted by Gasteiger charge is 2.28. The monoisotopic (exact) mass is 542 g/mol. The molecule has 4 aromatic rings. The number of hydrogen-bond donors (Lipinski definition) is 1. The average molecular weight is 543 g/mol. The SMILES string of the molecule is CCS(=O)(=O)N1CCCC(Nc2nc3ccc(Oc4ccnc(-c5cnn(CCOC)c5)c4)cc3s2)C1. The number of sulfonamides is 1. The number of piperidine rings is 1. The highest BCUT2D eigenvalue weighted by molar-refractivity contribution is 7.89. The first-order chi connectivity index (χ1) is 17.9. The van der Waals surface area contributed by atoms with Gasteiger partial charge in [-0.2, -0.15) is 9.40 Å². The number of nitrogens with one attached hydrogen (secondary N) is 1. The zero-order chi connectivity index (χ0) is 25.8. The quantitative estimate of drug-likeness (QED) is 0.317. The molecule has 1 fully saturated rings. The van der Waals surface area contributed by atoms with Crippen LogP contribution in [0.2, 0.25) is 0 Å². The van der Waals surface area contributed by atoms with Gasteiger partial charge in [0.1, 0.15) is 11.5 Å². The van der Waals surface area contributed by atoms with Crippen LogP contribution in [-0.2, 0) is 21.3 Å². The molecule has 1 aliphatic rings. The molecule has 1 aromatic carbocycles. The van der Waals surface area contributed by atoms with E-state index >= 15 is 0 Å². The van der Waals surface area contributed by atoms with E-state index in [2.05, 4.69) is 15.4 Å². The maximum absolute atomic E-state index is 12.3. The lowest BCUT2D eigenvalue weighted by atomic mass is 10.1. The minimum atomic E-state index is -3.18. The van der Waals surface area contributed by atoms with Crippen LogP contribution >= 0.6 is 11.3 Å². The molecule has 0 aliphatic carbocycles. The molecule has 12 heteroatoms. The maximum Gasteiger partial charge on any atom is 0.213 e. The van der Waals surface area contributed by atoms with Gasteiger partial charge in [-0.25, -0.2) is 13.4 Å². The van der Waals surface area contributed by atoms with Crippen molar-refractivity contribution in [2.75, 3.05) is 37.9 Å². The lowest BCUT2D eigenvalue weighted by molar-refractivity contribution is 0.183. The van der Waals surface area contributed by atoms with Gasteiger partial charge in [-0.05, 0) is 38.0 Å². The smallest absolute Gasteiger partial charge is 0.213 e. The number of aromatic nitrogens is 4. The van der Waals surface area contributed by atoms with Gasteiger partial charge >= 0.3 is 0 Å². The molecule has 5 rings (SSSR count). The largest absolute Gasteiger partial charge is 0.457 e. The van der Waals surface area contributed by atoms with Gasteiger partial charge < -0.3 is 14.8 Å². The Kier molecular flexibility index (Phi) is 7.70. The van der Waals surface area contributed by atoms with Crippen molar-refractivity contribution in [1.29, 1.82) is 0 Å². The zero-order valence-corrected chi connectivity index (χ0v) is 22.5. The van der Waals surface area contributed by atoms with E-state index in [1.807, 2.05) is 41.2 Å². The summed E-state index contributed by atoms with van der Waals surface area (Å²) >= 11 is 1.54. The van der Waals surface area contributed by atoms with Crippen LogP contribution in [0.5, 0.6) is 11.5 Å². The Labute approximate surface area is 220 Å². The minimum absolute atomic E-state index is 0.0421. The Morgan fingerprint density at radius 1 is 1.22 bits per heavy atom. The number of benzene rings is 1. The summed E-state index contributed by atoms with van der Waals surface area (Å²) in [5.74, 6) is 1.51. The summed E-state index contributed by atoms with van der Waals surface area (Å²) < 4.78 is 40.2. The standard InChI is InChI=1S/C25H30N6O4S2/c1-3-37(32,33)31-10-4-5-19(17-31)28-25-29-22-7-6-20(14-24(22)36-25)35-21-8-9-26-23(13-21)18-15-27-30(16-18)11-12-34-2/h6-9,13-16,19H,3-5,10-12,17H2,1-2H3,(H,28,29). The van der Waals surface area contributed by atoms with Gasteiger partial charge in [0.25, 0.3) is 0 Å². The Morgan fingerprint density at radius 3 is 2.92 bits per heavy atom. The molecule has 0 radical (unpaired) electrons. The molecule has 0 saturated carbocycles. The highest BCUT2D eigenvalue weighted by atomic mass is 32.2. The molecular formula is C25H30N6O4S2. The maximum atomic E-state index is 12.3. The van der Waals surface area contributed by atoms with Crippen LogP contribution in [0.4, 0.5) is 5.13 Å². The second kappa shape index (κ2) is 11.1. The fourth-order valence-electron chi connectivity index (χ4n) is 4.27. The summed E-state index contributed by atoms with van der Waals surface area (Å²) in [4.78, 5) is 9.15. The first-order valence-corrected chi connectivity index (χ1v) is 14.7. The molecule has 3 aromatic heterocycles. The predicted molar refractivity (Wildman–Crippen MR) is 145 cm³/mol. The molecular weight excluding hydrogens is 512 g/mol. The van der Waals surface area contributed by atoms with E-state index in [1.54, 1.807) is 30.7 Å². The van der Waals surface area contributed by atoms with Crippen molar-refractivity contribution in [1.82, 2.24) is 24.1 Å². The molecule has 1 atom stereocenters. The second-order valence-electron chi connectivity index (χ2n) is 8.85. The normalized spacial score (nSPS) is 16.8. The van der Waals surface area contributed by atoms with Crippen LogP contribution in [0.25, 0.3) is 21.5 Å². The third-order valence-corrected chi connectivity index (χ3v) is 9.05. The van der Waals surface area contributed by atoms with E-state index in [1.165, 1.54) is 11.3 Å². The van der Waals surface area contributed by atoms with Crippen molar-refractivity contribution in [3.05, 3.63) is 48.9 Å². The number of nitrogens with zero attached hydrogens (tertiary/aromatic N) is 5. The van der Waals surface area contributed by atoms with Gasteiger partial charge in [0.15, 0.2) is 5.13 Å². The van der Waals surface area contributed by atoms with E-state index in [0.29, 0.717) is 37.7 Å². The number of pyridine rings is 1. The molecule has 0 spiro atoms. The van der Waals surface area contributed by atoms with Crippen molar-refractivity contribution in [3.63, 3.8) is 0 Å². The fourth-order valence-corrected chi connectivity index (χ4v) is 6.42. The summed E-state index contributed by atoms with van der Waals surface area (Å²) in [6.45, 7) is 4.01. The number of methoxy groups -OCH3 is 1. The minimum Gasteiger partial charge on any atom is -0.457 e. The van der Waals surface area contributed by atoms with Crippen molar-refractivity contribution in [3.8, 4) is 22.8 Å². The van der Waals surface area contributed by atoms with Crippen LogP contribution in [0.15, 0.2) is 48.9 Å². The molecule has 1 aliphatic heterocycles. The number of thiazole rings is 1. The number of rotatable bonds is 10. The first-order valence-electron chi connectivity index (χ1n) is 12.2. The molecule has 0 amide bonds. The van der Waals surface area contributed by atoms with Gasteiger partial charge in [0.05, 0.1) is 41.0 Å². The number of fused-ring (bicyclic) bond motifs is 1. The van der Waals surface area contributed by atoms with E-state index < -0.39 is 10.0 Å². The van der Waals surface area contributed by atoms with Gasteiger partial charge in [-0.3, -0.25) is 9.67 Å². The van der Waals surface area contributed by atoms with E-state index in [9.17, 15) is 8.42 Å². The van der Waals surface area contributed by atoms with E-state index in [-0.39, 0.29) is 11.8 Å². The zero-order valence-electron chi connectivity index (χ0n) is 20.8. The summed E-state index contributed by atoms with van der Waals surface area (Å²) in [6.07, 6.45) is 7.18. The summed E-state index contributed by atoms with van der Waals surface area (Å²) in [6, 6.07) is 9.55. The molecule has 196 valence electrons. The number of hydrogen-bond acceptors (Lipinski definition) is 9. The third-order valence-electron chi connectivity index (χ3n) is 6.25. The van der Waals surface area contributed by atoms with Crippen LogP contribution in [0.3, 0.4) is 0 Å². The Balaban J connectivity index is 1.27. The van der Waals surface area contributed by atoms with E-state index in [4.69, 9.17) is 14.5 Å². The Morgan fingerprint density at radius 2 is 2.08 bits per heavy atom. The molecule has 0 bridgehead atoms. The van der Waals surface area contributed by atoms with Crippen LogP contribution in [0.1, 0.15) is 19.8 Å². The van der Waals surface area contributed by atoms with E-state index in [0.717, 1.165) is 39.4 Å². The summed E-state index contributed by atoms with van der Waals surface area (Å²) in [5, 5.41) is 8.58. The molecule has 10 nitrogen and oxygen atoms in total. The summed E-state index contributed by atoms with van der Waals surface area (Å²) in [7, 11) is -1.52. The van der Waals surface area contributed by atoms with Crippen LogP contribution < -0.4 is 10.1 Å². The van der Waals surface area contributed by atoms with Crippen LogP contribution in [0, 0.1) is 0 Å². The Bertz CT molecular complexity index is 1470. The van der Waals surface area contributed by atoms with Crippen molar-refractivity contribution < 1.29 is 17.9 Å². The third kappa shape index (κ3) is 6.09. The van der Waals surface area contributed by atoms with Crippen molar-refractivity contribution in [2.45, 2.75) is 32.4 Å². The van der Waals surface area contributed by atoms with Gasteiger partial charge in [0, 0.05) is 56.3 Å². The van der Waals surface area contributed by atoms with Crippen molar-refractivity contribution >= 4 is 36.7 Å². The topological polar surface area (TPSA) is 111 Å². The molecule has 1 saturated heterocycles. The fraction of sp³-hybridized carbons (Fsp3) is 0.400. The van der Waals surface area contributed by atoms with Gasteiger partial charge in [-0.15, -0.1) is 0 Å². The predicted octanol–water partition coefficient (Wildman–Crippen LogP) is 4.22.